The fourth-order valence-corrected chi connectivity index (χ4v) is 3.90. The molecular formula is C18H34IN5S. The van der Waals surface area contributed by atoms with Crippen molar-refractivity contribution in [1.82, 2.24) is 20.5 Å². The van der Waals surface area contributed by atoms with Gasteiger partial charge in [-0.25, -0.2) is 9.98 Å². The molecule has 0 atom stereocenters. The van der Waals surface area contributed by atoms with Gasteiger partial charge >= 0.3 is 0 Å². The Morgan fingerprint density at radius 2 is 2.00 bits per heavy atom. The number of guanidine groups is 1. The lowest BCUT2D eigenvalue weighted by Crippen LogP contribution is -2.49. The van der Waals surface area contributed by atoms with Crippen LogP contribution in [0.1, 0.15) is 49.2 Å². The van der Waals surface area contributed by atoms with Gasteiger partial charge in [-0.05, 0) is 39.5 Å². The molecule has 0 unspecified atom stereocenters. The Hall–Kier alpha value is -0.410. The maximum Gasteiger partial charge on any atom is 0.191 e. The molecule has 25 heavy (non-hydrogen) atoms. The molecule has 0 bridgehead atoms. The molecule has 0 radical (unpaired) electrons. The monoisotopic (exact) mass is 479 g/mol. The Kier molecular flexibility index (Phi) is 10.3. The molecule has 5 nitrogen and oxygen atoms in total. The summed E-state index contributed by atoms with van der Waals surface area (Å²) >= 11 is 1.75. The normalized spacial score (nSPS) is 16.8. The number of rotatable bonds is 6. The molecule has 2 heterocycles. The minimum Gasteiger partial charge on any atom is -0.357 e. The molecule has 7 heteroatoms. The van der Waals surface area contributed by atoms with Gasteiger partial charge in [-0.1, -0.05) is 13.8 Å². The highest BCUT2D eigenvalue weighted by molar-refractivity contribution is 14.0. The summed E-state index contributed by atoms with van der Waals surface area (Å²) in [5.41, 5.74) is 1.13. The Balaban J connectivity index is 0.00000312. The van der Waals surface area contributed by atoms with E-state index in [1.54, 1.807) is 11.3 Å². The number of nitrogens with zero attached hydrogens (tertiary/aromatic N) is 3. The maximum atomic E-state index is 4.73. The van der Waals surface area contributed by atoms with E-state index in [1.165, 1.54) is 37.4 Å². The van der Waals surface area contributed by atoms with E-state index >= 15 is 0 Å². The van der Waals surface area contributed by atoms with Crippen LogP contribution in [0.3, 0.4) is 0 Å². The quantitative estimate of drug-likeness (QED) is 0.372. The van der Waals surface area contributed by atoms with E-state index in [9.17, 15) is 0 Å². The number of hydrogen-bond donors (Lipinski definition) is 2. The van der Waals surface area contributed by atoms with E-state index in [0.29, 0.717) is 12.6 Å². The summed E-state index contributed by atoms with van der Waals surface area (Å²) in [6.07, 6.45) is 2.37. The van der Waals surface area contributed by atoms with Crippen molar-refractivity contribution < 1.29 is 0 Å². The number of aromatic nitrogens is 1. The van der Waals surface area contributed by atoms with Crippen LogP contribution < -0.4 is 10.6 Å². The van der Waals surface area contributed by atoms with Crippen LogP contribution in [0.4, 0.5) is 0 Å². The SMILES string of the molecule is CCNC(=NCc1nc(C)c(C)s1)NC1CCN(CC(C)C)CC1.I. The number of hydrogen-bond acceptors (Lipinski definition) is 4. The summed E-state index contributed by atoms with van der Waals surface area (Å²) in [7, 11) is 0. The Bertz CT molecular complexity index is 516. The Morgan fingerprint density at radius 3 is 2.52 bits per heavy atom. The minimum atomic E-state index is 0. The molecule has 1 aliphatic heterocycles. The lowest BCUT2D eigenvalue weighted by molar-refractivity contribution is 0.187. The van der Waals surface area contributed by atoms with Gasteiger partial charge < -0.3 is 15.5 Å². The van der Waals surface area contributed by atoms with Crippen molar-refractivity contribution in [2.75, 3.05) is 26.2 Å². The highest BCUT2D eigenvalue weighted by Gasteiger charge is 2.20. The molecule has 1 aromatic heterocycles. The van der Waals surface area contributed by atoms with Crippen molar-refractivity contribution in [3.8, 4) is 0 Å². The Labute approximate surface area is 174 Å². The van der Waals surface area contributed by atoms with Crippen LogP contribution in [-0.2, 0) is 6.54 Å². The molecule has 1 saturated heterocycles. The van der Waals surface area contributed by atoms with Crippen molar-refractivity contribution in [2.24, 2.45) is 10.9 Å². The molecule has 0 aromatic carbocycles. The second-order valence-electron chi connectivity index (χ2n) is 7.06. The molecule has 0 spiro atoms. The van der Waals surface area contributed by atoms with Crippen molar-refractivity contribution in [3.63, 3.8) is 0 Å². The number of thiazole rings is 1. The van der Waals surface area contributed by atoms with E-state index in [-0.39, 0.29) is 24.0 Å². The first-order valence-electron chi connectivity index (χ1n) is 9.18. The number of aryl methyl sites for hydroxylation is 2. The summed E-state index contributed by atoms with van der Waals surface area (Å²) in [5.74, 6) is 1.67. The number of aliphatic imine (C=N–C) groups is 1. The summed E-state index contributed by atoms with van der Waals surface area (Å²) in [4.78, 5) is 13.2. The summed E-state index contributed by atoms with van der Waals surface area (Å²) < 4.78 is 0. The molecule has 0 amide bonds. The van der Waals surface area contributed by atoms with E-state index in [1.807, 2.05) is 0 Å². The van der Waals surface area contributed by atoms with Gasteiger partial charge in [0, 0.05) is 37.1 Å². The average molecular weight is 479 g/mol. The zero-order valence-electron chi connectivity index (χ0n) is 16.3. The predicted molar refractivity (Wildman–Crippen MR) is 119 cm³/mol. The van der Waals surface area contributed by atoms with Crippen molar-refractivity contribution in [3.05, 3.63) is 15.6 Å². The van der Waals surface area contributed by atoms with E-state index < -0.39 is 0 Å². The molecule has 2 rings (SSSR count). The summed E-state index contributed by atoms with van der Waals surface area (Å²) in [6.45, 7) is 16.0. The van der Waals surface area contributed by atoms with Crippen LogP contribution in [0.15, 0.2) is 4.99 Å². The van der Waals surface area contributed by atoms with Crippen molar-refractivity contribution in [1.29, 1.82) is 0 Å². The average Bonchev–Trinajstić information content (AvgIpc) is 2.85. The van der Waals surface area contributed by atoms with Gasteiger partial charge in [0.2, 0.25) is 0 Å². The zero-order valence-corrected chi connectivity index (χ0v) is 19.4. The zero-order chi connectivity index (χ0) is 17.5. The first kappa shape index (κ1) is 22.6. The molecule has 0 saturated carbocycles. The standard InChI is InChI=1S/C18H33N5S.HI/c1-6-19-18(20-11-17-21-14(4)15(5)24-17)22-16-7-9-23(10-8-16)12-13(2)3;/h13,16H,6-12H2,1-5H3,(H2,19,20,22);1H. The lowest BCUT2D eigenvalue weighted by atomic mass is 10.0. The second-order valence-corrected chi connectivity index (χ2v) is 8.35. The van der Waals surface area contributed by atoms with Gasteiger partial charge in [0.05, 0.1) is 12.2 Å². The second kappa shape index (κ2) is 11.3. The van der Waals surface area contributed by atoms with Crippen molar-refractivity contribution >= 4 is 41.3 Å². The van der Waals surface area contributed by atoms with Crippen LogP contribution in [-0.4, -0.2) is 48.1 Å². The summed E-state index contributed by atoms with van der Waals surface area (Å²) in [5, 5.41) is 8.07. The van der Waals surface area contributed by atoms with Crippen LogP contribution in [0.2, 0.25) is 0 Å². The predicted octanol–water partition coefficient (Wildman–Crippen LogP) is 3.55. The van der Waals surface area contributed by atoms with Gasteiger partial charge in [-0.2, -0.15) is 0 Å². The topological polar surface area (TPSA) is 52.6 Å². The van der Waals surface area contributed by atoms with Gasteiger partial charge in [0.25, 0.3) is 0 Å². The first-order chi connectivity index (χ1) is 11.5. The van der Waals surface area contributed by atoms with E-state index in [4.69, 9.17) is 4.99 Å². The van der Waals surface area contributed by atoms with Crippen LogP contribution in [0.25, 0.3) is 0 Å². The van der Waals surface area contributed by atoms with Gasteiger partial charge in [-0.15, -0.1) is 35.3 Å². The molecule has 0 aliphatic carbocycles. The minimum absolute atomic E-state index is 0. The number of nitrogens with one attached hydrogen (secondary N) is 2. The number of halogens is 1. The molecule has 1 aromatic rings. The highest BCUT2D eigenvalue weighted by atomic mass is 127. The largest absolute Gasteiger partial charge is 0.357 e. The highest BCUT2D eigenvalue weighted by Crippen LogP contribution is 2.17. The van der Waals surface area contributed by atoms with Gasteiger partial charge in [-0.3, -0.25) is 0 Å². The summed E-state index contributed by atoms with van der Waals surface area (Å²) in [6, 6.07) is 0.519. The third kappa shape index (κ3) is 7.78. The first-order valence-corrected chi connectivity index (χ1v) is 9.99. The number of likely N-dealkylation sites (tertiary alicyclic amines) is 1. The molecular weight excluding hydrogens is 445 g/mol. The smallest absolute Gasteiger partial charge is 0.191 e. The molecule has 144 valence electrons. The van der Waals surface area contributed by atoms with Crippen LogP contribution >= 0.6 is 35.3 Å². The lowest BCUT2D eigenvalue weighted by Gasteiger charge is -2.34. The third-order valence-corrected chi connectivity index (χ3v) is 5.40. The van der Waals surface area contributed by atoms with E-state index in [2.05, 4.69) is 55.1 Å². The van der Waals surface area contributed by atoms with E-state index in [0.717, 1.165) is 29.1 Å². The molecule has 1 fully saturated rings. The fraction of sp³-hybridized carbons (Fsp3) is 0.778. The number of piperidine rings is 1. The Morgan fingerprint density at radius 1 is 1.32 bits per heavy atom. The van der Waals surface area contributed by atoms with Gasteiger partial charge in [0.1, 0.15) is 5.01 Å². The molecule has 1 aliphatic rings. The van der Waals surface area contributed by atoms with Crippen LogP contribution in [0.5, 0.6) is 0 Å². The fourth-order valence-electron chi connectivity index (χ4n) is 3.04. The van der Waals surface area contributed by atoms with Crippen molar-refractivity contribution in [2.45, 2.75) is 60.0 Å². The maximum absolute atomic E-state index is 4.73. The van der Waals surface area contributed by atoms with Gasteiger partial charge in [0.15, 0.2) is 5.96 Å². The van der Waals surface area contributed by atoms with Crippen LogP contribution in [0, 0.1) is 19.8 Å². The third-order valence-electron chi connectivity index (χ3n) is 4.34. The molecule has 2 N–H and O–H groups in total.